The van der Waals surface area contributed by atoms with Crippen LogP contribution >= 0.6 is 0 Å². The van der Waals surface area contributed by atoms with Crippen LogP contribution in [0.25, 0.3) is 33.4 Å². The van der Waals surface area contributed by atoms with Crippen molar-refractivity contribution >= 4 is 17.1 Å². The first-order valence-corrected chi connectivity index (χ1v) is 20.0. The predicted molar refractivity (Wildman–Crippen MR) is 226 cm³/mol. The number of nitrogens with zero attached hydrogens (tertiary/aromatic N) is 1. The molecule has 9 rings (SSSR count). The summed E-state index contributed by atoms with van der Waals surface area (Å²) in [5.41, 5.74) is 19.9. The van der Waals surface area contributed by atoms with E-state index in [0.717, 1.165) is 0 Å². The van der Waals surface area contributed by atoms with Gasteiger partial charge in [0.1, 0.15) is 0 Å². The molecule has 266 valence electrons. The molecule has 0 aromatic heterocycles. The normalized spacial score (nSPS) is 16.8. The Bertz CT molecular complexity index is 2360. The largest absolute Gasteiger partial charge is 0.310 e. The van der Waals surface area contributed by atoms with Crippen molar-refractivity contribution in [2.75, 3.05) is 4.90 Å². The third-order valence-corrected chi connectivity index (χ3v) is 13.1. The minimum absolute atomic E-state index is 0.0889. The average molecular weight is 692 g/mol. The topological polar surface area (TPSA) is 3.24 Å². The van der Waals surface area contributed by atoms with E-state index in [1.54, 1.807) is 0 Å². The van der Waals surface area contributed by atoms with Crippen molar-refractivity contribution in [2.24, 2.45) is 0 Å². The molecule has 0 heterocycles. The second-order valence-electron chi connectivity index (χ2n) is 18.1. The maximum absolute atomic E-state index is 2.53. The smallest absolute Gasteiger partial charge is 0.0540 e. The number of benzene rings is 6. The van der Waals surface area contributed by atoms with Gasteiger partial charge in [-0.2, -0.15) is 0 Å². The van der Waals surface area contributed by atoms with Crippen LogP contribution in [0.1, 0.15) is 120 Å². The lowest BCUT2D eigenvalue weighted by Crippen LogP contribution is -2.19. The van der Waals surface area contributed by atoms with Crippen LogP contribution in [0.15, 0.2) is 127 Å². The van der Waals surface area contributed by atoms with Crippen LogP contribution < -0.4 is 4.90 Å². The molecule has 0 unspecified atom stereocenters. The third kappa shape index (κ3) is 5.50. The highest BCUT2D eigenvalue weighted by molar-refractivity contribution is 5.92. The zero-order chi connectivity index (χ0) is 36.7. The Hall–Kier alpha value is -4.88. The van der Waals surface area contributed by atoms with Gasteiger partial charge in [-0.1, -0.05) is 165 Å². The molecular weight excluding hydrogens is 639 g/mol. The lowest BCUT2D eigenvalue weighted by atomic mass is 9.79. The van der Waals surface area contributed by atoms with E-state index in [0.29, 0.717) is 5.92 Å². The second-order valence-corrected chi connectivity index (χ2v) is 18.1. The summed E-state index contributed by atoms with van der Waals surface area (Å²) in [4.78, 5) is 2.53. The van der Waals surface area contributed by atoms with Crippen LogP contribution in [0.4, 0.5) is 17.1 Å². The molecule has 0 atom stereocenters. The summed E-state index contributed by atoms with van der Waals surface area (Å²) in [7, 11) is 0. The van der Waals surface area contributed by atoms with E-state index in [1.807, 2.05) is 0 Å². The molecule has 0 saturated heterocycles. The average Bonchev–Trinajstić information content (AvgIpc) is 3.54. The molecule has 6 aromatic carbocycles. The molecule has 0 spiro atoms. The van der Waals surface area contributed by atoms with Gasteiger partial charge in [0.05, 0.1) is 5.69 Å². The Labute approximate surface area is 317 Å². The van der Waals surface area contributed by atoms with E-state index in [1.165, 1.54) is 116 Å². The number of hydrogen-bond donors (Lipinski definition) is 0. The first kappa shape index (κ1) is 33.9. The monoisotopic (exact) mass is 691 g/mol. The molecule has 1 heteroatoms. The van der Waals surface area contributed by atoms with E-state index in [4.69, 9.17) is 0 Å². The van der Waals surface area contributed by atoms with Gasteiger partial charge >= 0.3 is 0 Å². The second kappa shape index (κ2) is 12.3. The predicted octanol–water partition coefficient (Wildman–Crippen LogP) is 14.8. The SMILES string of the molecule is CC(C)(C)c1ccc2c(c1)C(C)(C)c1cc(N(c3ccc4c(c3)C(C)(C)c3ccccc3-4)c3ccccc3-c3ccc(C4CCCCC4)cc3)ccc1-2. The molecule has 3 aliphatic rings. The molecule has 0 bridgehead atoms. The maximum Gasteiger partial charge on any atom is 0.0540 e. The van der Waals surface area contributed by atoms with Gasteiger partial charge in [-0.25, -0.2) is 0 Å². The van der Waals surface area contributed by atoms with Crippen LogP contribution in [0, 0.1) is 0 Å². The van der Waals surface area contributed by atoms with Crippen LogP contribution in [-0.2, 0) is 16.2 Å². The molecule has 1 nitrogen and oxygen atoms in total. The summed E-state index contributed by atoms with van der Waals surface area (Å²) < 4.78 is 0. The molecule has 0 N–H and O–H groups in total. The highest BCUT2D eigenvalue weighted by Gasteiger charge is 2.38. The fraction of sp³-hybridized carbons (Fsp3) is 0.308. The molecule has 6 aromatic rings. The van der Waals surface area contributed by atoms with E-state index in [2.05, 4.69) is 181 Å². The Morgan fingerprint density at radius 2 is 1.00 bits per heavy atom. The highest BCUT2D eigenvalue weighted by Crippen LogP contribution is 2.54. The number of anilines is 3. The van der Waals surface area contributed by atoms with Gasteiger partial charge in [0.25, 0.3) is 0 Å². The molecule has 0 radical (unpaired) electrons. The molecule has 53 heavy (non-hydrogen) atoms. The van der Waals surface area contributed by atoms with Crippen LogP contribution in [0.2, 0.25) is 0 Å². The van der Waals surface area contributed by atoms with Gasteiger partial charge in [-0.05, 0) is 116 Å². The Kier molecular flexibility index (Phi) is 7.90. The fourth-order valence-electron chi connectivity index (χ4n) is 9.87. The zero-order valence-electron chi connectivity index (χ0n) is 32.7. The van der Waals surface area contributed by atoms with Crippen molar-refractivity contribution in [3.8, 4) is 33.4 Å². The quantitative estimate of drug-likeness (QED) is 0.174. The van der Waals surface area contributed by atoms with Gasteiger partial charge in [0.2, 0.25) is 0 Å². The van der Waals surface area contributed by atoms with E-state index >= 15 is 0 Å². The summed E-state index contributed by atoms with van der Waals surface area (Å²) in [5, 5.41) is 0. The lowest BCUT2D eigenvalue weighted by Gasteiger charge is -2.31. The highest BCUT2D eigenvalue weighted by atomic mass is 15.1. The third-order valence-electron chi connectivity index (χ3n) is 13.1. The summed E-state index contributed by atoms with van der Waals surface area (Å²) in [6.45, 7) is 16.5. The number of para-hydroxylation sites is 1. The van der Waals surface area contributed by atoms with Crippen LogP contribution in [0.3, 0.4) is 0 Å². The maximum atomic E-state index is 2.53. The molecular formula is C52H53N. The number of hydrogen-bond acceptors (Lipinski definition) is 1. The molecule has 0 amide bonds. The summed E-state index contributed by atoms with van der Waals surface area (Å²) in [5.74, 6) is 0.696. The first-order valence-electron chi connectivity index (χ1n) is 20.0. The van der Waals surface area contributed by atoms with Crippen molar-refractivity contribution in [3.05, 3.63) is 161 Å². The standard InChI is InChI=1S/C52H53N/c1-50(2,3)37-25-28-42-44-30-27-39(33-48(44)52(6,7)46(42)31-37)53(38-26-29-43-41-18-11-13-19-45(41)51(4,5)47(43)32-38)49-20-14-12-17-40(49)36-23-21-35(22-24-36)34-15-9-8-10-16-34/h11-14,17-34H,8-10,15-16H2,1-7H3. The number of rotatable bonds is 5. The lowest BCUT2D eigenvalue weighted by molar-refractivity contribution is 0.443. The summed E-state index contributed by atoms with van der Waals surface area (Å²) in [6.07, 6.45) is 6.73. The minimum Gasteiger partial charge on any atom is -0.310 e. The molecule has 1 saturated carbocycles. The molecule has 1 fully saturated rings. The van der Waals surface area contributed by atoms with Crippen molar-refractivity contribution in [2.45, 2.75) is 103 Å². The Morgan fingerprint density at radius 3 is 1.62 bits per heavy atom. The summed E-state index contributed by atoms with van der Waals surface area (Å²) in [6, 6.07) is 49.2. The molecule has 0 aliphatic heterocycles. The Balaban J connectivity index is 1.21. The van der Waals surface area contributed by atoms with E-state index < -0.39 is 0 Å². The summed E-state index contributed by atoms with van der Waals surface area (Å²) >= 11 is 0. The van der Waals surface area contributed by atoms with Crippen molar-refractivity contribution in [1.29, 1.82) is 0 Å². The zero-order valence-corrected chi connectivity index (χ0v) is 32.7. The number of fused-ring (bicyclic) bond motifs is 6. The molecule has 3 aliphatic carbocycles. The van der Waals surface area contributed by atoms with Crippen molar-refractivity contribution in [3.63, 3.8) is 0 Å². The fourth-order valence-corrected chi connectivity index (χ4v) is 9.87. The minimum atomic E-state index is -0.121. The van der Waals surface area contributed by atoms with Crippen LogP contribution in [-0.4, -0.2) is 0 Å². The van der Waals surface area contributed by atoms with Crippen LogP contribution in [0.5, 0.6) is 0 Å². The van der Waals surface area contributed by atoms with Crippen molar-refractivity contribution in [1.82, 2.24) is 0 Å². The van der Waals surface area contributed by atoms with Gasteiger partial charge < -0.3 is 4.90 Å². The van der Waals surface area contributed by atoms with Gasteiger partial charge in [-0.15, -0.1) is 0 Å². The van der Waals surface area contributed by atoms with Crippen molar-refractivity contribution < 1.29 is 0 Å². The van der Waals surface area contributed by atoms with Gasteiger partial charge in [-0.3, -0.25) is 0 Å². The van der Waals surface area contributed by atoms with Gasteiger partial charge in [0.15, 0.2) is 0 Å². The van der Waals surface area contributed by atoms with Gasteiger partial charge in [0, 0.05) is 27.8 Å². The Morgan fingerprint density at radius 1 is 0.491 bits per heavy atom. The first-order chi connectivity index (χ1) is 25.4. The van der Waals surface area contributed by atoms with E-state index in [9.17, 15) is 0 Å². The van der Waals surface area contributed by atoms with E-state index in [-0.39, 0.29) is 16.2 Å².